The second-order valence-corrected chi connectivity index (χ2v) is 8.73. The highest BCUT2D eigenvalue weighted by Crippen LogP contribution is 2.45. The standard InChI is InChI=1S/C15H22BrNO3S/c1-11-15(2,3)13-10-12(16)6-7-14(13)17(11)8-4-5-9-21(18,19)20/h6-7,10-11H,4-5,8-9H2,1-3H3,(H,18,19,20). The lowest BCUT2D eigenvalue weighted by Gasteiger charge is -2.31. The van der Waals surface area contributed by atoms with E-state index in [1.807, 2.05) is 6.07 Å². The second kappa shape index (κ2) is 5.89. The Labute approximate surface area is 135 Å². The minimum absolute atomic E-state index is 0.0577. The summed E-state index contributed by atoms with van der Waals surface area (Å²) in [5, 5.41) is 0. The number of rotatable bonds is 5. The van der Waals surface area contributed by atoms with Gasteiger partial charge in [0.25, 0.3) is 10.1 Å². The van der Waals surface area contributed by atoms with Crippen LogP contribution in [0.3, 0.4) is 0 Å². The first-order chi connectivity index (χ1) is 9.63. The van der Waals surface area contributed by atoms with Crippen LogP contribution < -0.4 is 4.90 Å². The van der Waals surface area contributed by atoms with Crippen molar-refractivity contribution in [2.75, 3.05) is 17.2 Å². The number of fused-ring (bicyclic) bond motifs is 1. The zero-order valence-corrected chi connectivity index (χ0v) is 15.0. The topological polar surface area (TPSA) is 57.6 Å². The van der Waals surface area contributed by atoms with E-state index >= 15 is 0 Å². The second-order valence-electron chi connectivity index (χ2n) is 6.25. The number of nitrogens with zero attached hydrogens (tertiary/aromatic N) is 1. The molecule has 0 aliphatic carbocycles. The molecule has 1 aromatic rings. The monoisotopic (exact) mass is 375 g/mol. The van der Waals surface area contributed by atoms with Crippen LogP contribution in [0.1, 0.15) is 39.2 Å². The van der Waals surface area contributed by atoms with Gasteiger partial charge < -0.3 is 4.90 Å². The fraction of sp³-hybridized carbons (Fsp3) is 0.600. The van der Waals surface area contributed by atoms with Crippen molar-refractivity contribution in [3.63, 3.8) is 0 Å². The molecule has 4 nitrogen and oxygen atoms in total. The third-order valence-electron chi connectivity index (χ3n) is 4.53. The average molecular weight is 376 g/mol. The van der Waals surface area contributed by atoms with E-state index in [0.29, 0.717) is 12.5 Å². The molecule has 1 heterocycles. The van der Waals surface area contributed by atoms with Crippen LogP contribution in [0, 0.1) is 0 Å². The lowest BCUT2D eigenvalue weighted by molar-refractivity contribution is 0.437. The minimum atomic E-state index is -3.85. The van der Waals surface area contributed by atoms with E-state index in [-0.39, 0.29) is 11.2 Å². The highest BCUT2D eigenvalue weighted by atomic mass is 79.9. The molecule has 0 saturated heterocycles. The van der Waals surface area contributed by atoms with E-state index in [4.69, 9.17) is 4.55 Å². The van der Waals surface area contributed by atoms with Crippen LogP contribution in [0.5, 0.6) is 0 Å². The number of hydrogen-bond donors (Lipinski definition) is 1. The van der Waals surface area contributed by atoms with E-state index in [1.165, 1.54) is 11.3 Å². The Morgan fingerprint density at radius 3 is 2.62 bits per heavy atom. The van der Waals surface area contributed by atoms with Crippen molar-refractivity contribution in [2.45, 2.75) is 45.1 Å². The first kappa shape index (κ1) is 16.8. The molecule has 0 bridgehead atoms. The zero-order chi connectivity index (χ0) is 15.8. The Kier molecular flexibility index (Phi) is 4.71. The molecule has 118 valence electrons. The molecule has 1 aliphatic rings. The molecule has 1 atom stereocenters. The van der Waals surface area contributed by atoms with Crippen molar-refractivity contribution in [2.24, 2.45) is 0 Å². The van der Waals surface area contributed by atoms with Crippen molar-refractivity contribution in [1.29, 1.82) is 0 Å². The van der Waals surface area contributed by atoms with Crippen molar-refractivity contribution in [1.82, 2.24) is 0 Å². The highest BCUT2D eigenvalue weighted by Gasteiger charge is 2.41. The van der Waals surface area contributed by atoms with Gasteiger partial charge in [-0.3, -0.25) is 4.55 Å². The summed E-state index contributed by atoms with van der Waals surface area (Å²) in [7, 11) is -3.85. The Morgan fingerprint density at radius 2 is 2.00 bits per heavy atom. The number of hydrogen-bond acceptors (Lipinski definition) is 3. The zero-order valence-electron chi connectivity index (χ0n) is 12.6. The normalized spacial score (nSPS) is 20.6. The summed E-state index contributed by atoms with van der Waals surface area (Å²) < 4.78 is 31.4. The average Bonchev–Trinajstić information content (AvgIpc) is 2.54. The molecule has 1 aliphatic heterocycles. The van der Waals surface area contributed by atoms with Crippen LogP contribution in [0.2, 0.25) is 0 Å². The number of benzene rings is 1. The van der Waals surface area contributed by atoms with E-state index < -0.39 is 10.1 Å². The SMILES string of the molecule is CC1N(CCCCS(=O)(=O)O)c2ccc(Br)cc2C1(C)C. The molecule has 1 aromatic carbocycles. The first-order valence-electron chi connectivity index (χ1n) is 7.15. The van der Waals surface area contributed by atoms with Gasteiger partial charge in [0.15, 0.2) is 0 Å². The molecule has 0 saturated carbocycles. The van der Waals surface area contributed by atoms with Crippen LogP contribution in [0.4, 0.5) is 5.69 Å². The smallest absolute Gasteiger partial charge is 0.264 e. The molecule has 0 fully saturated rings. The van der Waals surface area contributed by atoms with Crippen LogP contribution in [0.25, 0.3) is 0 Å². The first-order valence-corrected chi connectivity index (χ1v) is 9.55. The van der Waals surface area contributed by atoms with Gasteiger partial charge in [-0.15, -0.1) is 0 Å². The van der Waals surface area contributed by atoms with Crippen molar-refractivity contribution >= 4 is 31.7 Å². The maximum Gasteiger partial charge on any atom is 0.264 e. The van der Waals surface area contributed by atoms with E-state index in [2.05, 4.69) is 53.7 Å². The number of halogens is 1. The molecule has 0 radical (unpaired) electrons. The molecule has 21 heavy (non-hydrogen) atoms. The Balaban J connectivity index is 2.11. The molecule has 2 rings (SSSR count). The predicted octanol–water partition coefficient (Wildman–Crippen LogP) is 3.60. The number of unbranched alkanes of at least 4 members (excludes halogenated alkanes) is 1. The largest absolute Gasteiger partial charge is 0.368 e. The van der Waals surface area contributed by atoms with Crippen LogP contribution >= 0.6 is 15.9 Å². The van der Waals surface area contributed by atoms with Gasteiger partial charge in [0.1, 0.15) is 0 Å². The lowest BCUT2D eigenvalue weighted by Crippen LogP contribution is -2.39. The molecule has 1 unspecified atom stereocenters. The highest BCUT2D eigenvalue weighted by molar-refractivity contribution is 9.10. The van der Waals surface area contributed by atoms with Gasteiger partial charge in [0.05, 0.1) is 5.75 Å². The Hall–Kier alpha value is -0.590. The quantitative estimate of drug-likeness (QED) is 0.630. The molecular formula is C15H22BrNO3S. The Bertz CT molecular complexity index is 628. The summed E-state index contributed by atoms with van der Waals surface area (Å²) in [6.07, 6.45) is 1.23. The fourth-order valence-corrected chi connectivity index (χ4v) is 3.91. The summed E-state index contributed by atoms with van der Waals surface area (Å²) in [5.41, 5.74) is 2.60. The van der Waals surface area contributed by atoms with Gasteiger partial charge >= 0.3 is 0 Å². The summed E-state index contributed by atoms with van der Waals surface area (Å²) >= 11 is 3.53. The summed E-state index contributed by atoms with van der Waals surface area (Å²) in [4.78, 5) is 2.34. The maximum absolute atomic E-state index is 10.8. The molecule has 1 N–H and O–H groups in total. The molecule has 6 heteroatoms. The number of anilines is 1. The maximum atomic E-state index is 10.8. The third kappa shape index (κ3) is 3.60. The van der Waals surface area contributed by atoms with Crippen molar-refractivity contribution in [3.05, 3.63) is 28.2 Å². The van der Waals surface area contributed by atoms with Crippen molar-refractivity contribution < 1.29 is 13.0 Å². The fourth-order valence-electron chi connectivity index (χ4n) is 2.98. The van der Waals surface area contributed by atoms with Crippen LogP contribution in [0.15, 0.2) is 22.7 Å². The van der Waals surface area contributed by atoms with Crippen LogP contribution in [-0.4, -0.2) is 31.3 Å². The van der Waals surface area contributed by atoms with Crippen molar-refractivity contribution in [3.8, 4) is 0 Å². The van der Waals surface area contributed by atoms with E-state index in [1.54, 1.807) is 0 Å². The third-order valence-corrected chi connectivity index (χ3v) is 5.82. The lowest BCUT2D eigenvalue weighted by atomic mass is 9.81. The summed E-state index contributed by atoms with van der Waals surface area (Å²) in [5.74, 6) is -0.161. The molecule has 0 spiro atoms. The van der Waals surface area contributed by atoms with Gasteiger partial charge in [-0.25, -0.2) is 0 Å². The van der Waals surface area contributed by atoms with Gasteiger partial charge in [-0.1, -0.05) is 29.8 Å². The van der Waals surface area contributed by atoms with Gasteiger partial charge in [0, 0.05) is 28.2 Å². The molecule has 0 amide bonds. The van der Waals surface area contributed by atoms with Gasteiger partial charge in [0.2, 0.25) is 0 Å². The Morgan fingerprint density at radius 1 is 1.33 bits per heavy atom. The van der Waals surface area contributed by atoms with E-state index in [9.17, 15) is 8.42 Å². The van der Waals surface area contributed by atoms with Crippen LogP contribution in [-0.2, 0) is 15.5 Å². The molecular weight excluding hydrogens is 354 g/mol. The predicted molar refractivity (Wildman–Crippen MR) is 89.6 cm³/mol. The van der Waals surface area contributed by atoms with Gasteiger partial charge in [-0.2, -0.15) is 8.42 Å². The van der Waals surface area contributed by atoms with Gasteiger partial charge in [-0.05, 0) is 43.5 Å². The molecule has 0 aromatic heterocycles. The minimum Gasteiger partial charge on any atom is -0.368 e. The summed E-state index contributed by atoms with van der Waals surface area (Å²) in [6.45, 7) is 7.48. The summed E-state index contributed by atoms with van der Waals surface area (Å²) in [6, 6.07) is 6.68. The van der Waals surface area contributed by atoms with E-state index in [0.717, 1.165) is 17.4 Å².